The molecule has 0 unspecified atom stereocenters. The van der Waals surface area contributed by atoms with Gasteiger partial charge in [-0.15, -0.1) is 0 Å². The average molecular weight is 390 g/mol. The number of hydrogen-bond donors (Lipinski definition) is 1. The number of aromatic nitrogens is 1. The van der Waals surface area contributed by atoms with Crippen molar-refractivity contribution in [2.75, 3.05) is 20.3 Å². The van der Waals surface area contributed by atoms with Crippen LogP contribution in [0.3, 0.4) is 0 Å². The van der Waals surface area contributed by atoms with Gasteiger partial charge in [-0.1, -0.05) is 18.5 Å². The van der Waals surface area contributed by atoms with E-state index in [1.807, 2.05) is 20.8 Å². The predicted molar refractivity (Wildman–Crippen MR) is 102 cm³/mol. The monoisotopic (exact) mass is 390 g/mol. The molecule has 0 spiro atoms. The molecule has 1 aromatic heterocycles. The van der Waals surface area contributed by atoms with E-state index in [1.165, 1.54) is 13.2 Å². The minimum absolute atomic E-state index is 0.263. The minimum Gasteiger partial charge on any atom is -0.493 e. The van der Waals surface area contributed by atoms with E-state index in [-0.39, 0.29) is 24.7 Å². The molecule has 8 nitrogen and oxygen atoms in total. The Morgan fingerprint density at radius 3 is 2.64 bits per heavy atom. The molecule has 152 valence electrons. The van der Waals surface area contributed by atoms with Crippen molar-refractivity contribution in [2.45, 2.75) is 40.2 Å². The number of nitrogens with one attached hydrogen (secondary N) is 1. The fourth-order valence-electron chi connectivity index (χ4n) is 2.44. The van der Waals surface area contributed by atoms with E-state index in [0.717, 1.165) is 24.1 Å². The molecule has 0 radical (unpaired) electrons. The molecule has 2 rings (SSSR count). The molecule has 0 atom stereocenters. The summed E-state index contributed by atoms with van der Waals surface area (Å²) in [6.45, 7) is 6.19. The first kappa shape index (κ1) is 21.3. The van der Waals surface area contributed by atoms with Crippen molar-refractivity contribution in [3.63, 3.8) is 0 Å². The lowest BCUT2D eigenvalue weighted by Crippen LogP contribution is -2.29. The molecule has 1 amide bonds. The Balaban J connectivity index is 1.96. The fourth-order valence-corrected chi connectivity index (χ4v) is 2.44. The first-order valence-electron chi connectivity index (χ1n) is 9.12. The summed E-state index contributed by atoms with van der Waals surface area (Å²) in [5.74, 6) is 0.605. The highest BCUT2D eigenvalue weighted by Crippen LogP contribution is 2.29. The zero-order valence-corrected chi connectivity index (χ0v) is 16.7. The summed E-state index contributed by atoms with van der Waals surface area (Å²) in [6, 6.07) is 4.69. The largest absolute Gasteiger partial charge is 0.493 e. The zero-order chi connectivity index (χ0) is 20.5. The first-order chi connectivity index (χ1) is 13.5. The summed E-state index contributed by atoms with van der Waals surface area (Å²) in [4.78, 5) is 23.8. The van der Waals surface area contributed by atoms with Gasteiger partial charge in [-0.05, 0) is 38.5 Å². The van der Waals surface area contributed by atoms with Gasteiger partial charge in [-0.3, -0.25) is 4.79 Å². The normalized spacial score (nSPS) is 10.4. The van der Waals surface area contributed by atoms with Gasteiger partial charge in [-0.2, -0.15) is 0 Å². The second-order valence-corrected chi connectivity index (χ2v) is 6.24. The Bertz CT molecular complexity index is 796. The number of hydrogen-bond acceptors (Lipinski definition) is 7. The average Bonchev–Trinajstić information content (AvgIpc) is 3.02. The van der Waals surface area contributed by atoms with Gasteiger partial charge in [0.15, 0.2) is 18.1 Å². The Labute approximate surface area is 164 Å². The molecule has 0 saturated heterocycles. The van der Waals surface area contributed by atoms with E-state index in [1.54, 1.807) is 12.1 Å². The summed E-state index contributed by atoms with van der Waals surface area (Å²) >= 11 is 0. The third-order valence-corrected chi connectivity index (χ3v) is 4.14. The van der Waals surface area contributed by atoms with Crippen LogP contribution in [0.25, 0.3) is 0 Å². The van der Waals surface area contributed by atoms with E-state index in [4.69, 9.17) is 18.7 Å². The van der Waals surface area contributed by atoms with Gasteiger partial charge < -0.3 is 24.1 Å². The number of ether oxygens (including phenoxy) is 3. The Kier molecular flexibility index (Phi) is 7.86. The Morgan fingerprint density at radius 2 is 2.00 bits per heavy atom. The van der Waals surface area contributed by atoms with Crippen molar-refractivity contribution in [3.05, 3.63) is 40.8 Å². The lowest BCUT2D eigenvalue weighted by Gasteiger charge is -2.12. The molecule has 1 N–H and O–H groups in total. The van der Waals surface area contributed by atoms with E-state index >= 15 is 0 Å². The van der Waals surface area contributed by atoms with Gasteiger partial charge in [0.2, 0.25) is 0 Å². The lowest BCUT2D eigenvalue weighted by atomic mass is 10.2. The number of carbonyl (C=O) groups is 2. The molecule has 0 fully saturated rings. The molecule has 1 aromatic carbocycles. The van der Waals surface area contributed by atoms with Crippen LogP contribution in [0.4, 0.5) is 0 Å². The molecule has 1 heterocycles. The predicted octanol–water partition coefficient (Wildman–Crippen LogP) is 2.95. The third-order valence-electron chi connectivity index (χ3n) is 4.14. The fraction of sp³-hybridized carbons (Fsp3) is 0.450. The molecule has 8 heteroatoms. The number of rotatable bonds is 10. The maximum absolute atomic E-state index is 12.2. The van der Waals surface area contributed by atoms with Crippen LogP contribution < -0.4 is 14.8 Å². The van der Waals surface area contributed by atoms with E-state index in [2.05, 4.69) is 10.5 Å². The topological polar surface area (TPSA) is 99.9 Å². The molecule has 0 aliphatic rings. The number of aryl methyl sites for hydroxylation is 2. The van der Waals surface area contributed by atoms with Gasteiger partial charge in [0, 0.05) is 6.54 Å². The van der Waals surface area contributed by atoms with Crippen molar-refractivity contribution < 1.29 is 28.3 Å². The number of nitrogens with zero attached hydrogens (tertiary/aromatic N) is 1. The molecule has 0 aliphatic heterocycles. The van der Waals surface area contributed by atoms with E-state index in [0.29, 0.717) is 23.8 Å². The number of amides is 1. The van der Waals surface area contributed by atoms with Crippen molar-refractivity contribution in [1.29, 1.82) is 0 Å². The standard InChI is InChI=1S/C20H26N2O6/c1-5-6-9-21-19(23)12-27-20(24)15-7-8-17(18(10-15)25-4)26-11-16-13(2)22-28-14(16)3/h7-8,10H,5-6,9,11-12H2,1-4H3,(H,21,23). The SMILES string of the molecule is CCCCNC(=O)COC(=O)c1ccc(OCc2c(C)noc2C)c(OC)c1. The summed E-state index contributed by atoms with van der Waals surface area (Å²) in [5.41, 5.74) is 1.89. The van der Waals surface area contributed by atoms with Crippen LogP contribution in [0.2, 0.25) is 0 Å². The molecular weight excluding hydrogens is 364 g/mol. The maximum Gasteiger partial charge on any atom is 0.338 e. The van der Waals surface area contributed by atoms with E-state index in [9.17, 15) is 9.59 Å². The van der Waals surface area contributed by atoms with Crippen LogP contribution >= 0.6 is 0 Å². The summed E-state index contributed by atoms with van der Waals surface area (Å²) in [7, 11) is 1.48. The number of benzene rings is 1. The van der Waals surface area contributed by atoms with Crippen LogP contribution in [-0.2, 0) is 16.1 Å². The van der Waals surface area contributed by atoms with Crippen LogP contribution in [0.5, 0.6) is 11.5 Å². The minimum atomic E-state index is -0.610. The number of esters is 1. The first-order valence-corrected chi connectivity index (χ1v) is 9.12. The summed E-state index contributed by atoms with van der Waals surface area (Å²) < 4.78 is 21.2. The number of carbonyl (C=O) groups excluding carboxylic acids is 2. The van der Waals surface area contributed by atoms with Crippen LogP contribution in [-0.4, -0.2) is 37.3 Å². The zero-order valence-electron chi connectivity index (χ0n) is 16.7. The van der Waals surface area contributed by atoms with Crippen molar-refractivity contribution in [1.82, 2.24) is 10.5 Å². The summed E-state index contributed by atoms with van der Waals surface area (Å²) in [6.07, 6.45) is 1.86. The maximum atomic E-state index is 12.2. The molecule has 28 heavy (non-hydrogen) atoms. The van der Waals surface area contributed by atoms with Crippen molar-refractivity contribution in [2.24, 2.45) is 0 Å². The highest BCUT2D eigenvalue weighted by Gasteiger charge is 2.15. The lowest BCUT2D eigenvalue weighted by molar-refractivity contribution is -0.124. The Hall–Kier alpha value is -3.03. The van der Waals surface area contributed by atoms with Gasteiger partial charge in [0.1, 0.15) is 12.4 Å². The van der Waals surface area contributed by atoms with Crippen molar-refractivity contribution >= 4 is 11.9 Å². The molecule has 0 aliphatic carbocycles. The van der Waals surface area contributed by atoms with Gasteiger partial charge in [0.05, 0.1) is 23.9 Å². The summed E-state index contributed by atoms with van der Waals surface area (Å²) in [5, 5.41) is 6.57. The highest BCUT2D eigenvalue weighted by molar-refractivity contribution is 5.92. The van der Waals surface area contributed by atoms with Crippen LogP contribution in [0, 0.1) is 13.8 Å². The van der Waals surface area contributed by atoms with Gasteiger partial charge in [-0.25, -0.2) is 4.79 Å². The third kappa shape index (κ3) is 5.73. The molecule has 0 bridgehead atoms. The molecule has 0 saturated carbocycles. The van der Waals surface area contributed by atoms with Crippen molar-refractivity contribution in [3.8, 4) is 11.5 Å². The number of unbranched alkanes of at least 4 members (excludes halogenated alkanes) is 1. The Morgan fingerprint density at radius 1 is 1.21 bits per heavy atom. The van der Waals surface area contributed by atoms with Crippen LogP contribution in [0.1, 0.15) is 47.1 Å². The highest BCUT2D eigenvalue weighted by atomic mass is 16.5. The molecule has 2 aromatic rings. The van der Waals surface area contributed by atoms with E-state index < -0.39 is 5.97 Å². The number of methoxy groups -OCH3 is 1. The second-order valence-electron chi connectivity index (χ2n) is 6.24. The van der Waals surface area contributed by atoms with Gasteiger partial charge in [0.25, 0.3) is 5.91 Å². The smallest absolute Gasteiger partial charge is 0.338 e. The second kappa shape index (κ2) is 10.3. The van der Waals surface area contributed by atoms with Gasteiger partial charge >= 0.3 is 5.97 Å². The molecular formula is C20H26N2O6. The quantitative estimate of drug-likeness (QED) is 0.492. The van der Waals surface area contributed by atoms with Crippen LogP contribution in [0.15, 0.2) is 22.7 Å².